The minimum Gasteiger partial charge on any atom is -0.462 e. The van der Waals surface area contributed by atoms with Crippen molar-refractivity contribution in [3.05, 3.63) is 0 Å². The van der Waals surface area contributed by atoms with Gasteiger partial charge < -0.3 is 44.9 Å². The lowest BCUT2D eigenvalue weighted by molar-refractivity contribution is -0.151. The van der Waals surface area contributed by atoms with E-state index < -0.39 is 17.7 Å². The summed E-state index contributed by atoms with van der Waals surface area (Å²) in [6.45, 7) is 15.4. The maximum Gasteiger partial charge on any atom is 0.408 e. The van der Waals surface area contributed by atoms with Gasteiger partial charge >= 0.3 is 18.0 Å². The van der Waals surface area contributed by atoms with Crippen molar-refractivity contribution < 1.29 is 48.3 Å². The molecule has 12 heteroatoms. The van der Waals surface area contributed by atoms with E-state index >= 15 is 0 Å². The molecule has 0 aromatic carbocycles. The standard InChI is InChI=1S/C32H63NO6.C27H55NO4/c1-6-8-10-12-13-14-15-16-17-19-21-23-30(35)38-29(22-20-18-11-9-7-2)24-25-37-27-28(26-34)33-31(36)39-32(3,4)5;1-3-5-7-9-10-11-12-13-14-16-18-20-27(30)32-26(19-17-15-8-6-4-2)21-22-31-24-25(28)23-29/h28-29,34H,6-27H2,1-5H3,(H,33,36);25-26,29H,3-24,28H2,1-2H3/t28-,29+;25-,26+/m00/s1. The molecule has 0 heterocycles. The van der Waals surface area contributed by atoms with Gasteiger partial charge in [0.25, 0.3) is 0 Å². The second kappa shape index (κ2) is 54.3. The zero-order valence-electron chi connectivity index (χ0n) is 47.7. The fraction of sp³-hybridized carbons (Fsp3) is 0.949. The first kappa shape index (κ1) is 71.1. The number of amides is 1. The van der Waals surface area contributed by atoms with E-state index in [0.717, 1.165) is 57.8 Å². The van der Waals surface area contributed by atoms with Gasteiger partial charge in [0.15, 0.2) is 0 Å². The predicted molar refractivity (Wildman–Crippen MR) is 295 cm³/mol. The Hall–Kier alpha value is -1.99. The number of carbonyl (C=O) groups excluding carboxylic acids is 3. The summed E-state index contributed by atoms with van der Waals surface area (Å²) < 4.78 is 28.1. The third-order valence-electron chi connectivity index (χ3n) is 12.8. The Morgan fingerprint density at radius 1 is 0.451 bits per heavy atom. The average molecular weight is 1020 g/mol. The Kier molecular flexibility index (Phi) is 54.3. The van der Waals surface area contributed by atoms with Crippen molar-refractivity contribution in [2.24, 2.45) is 5.73 Å². The number of nitrogens with one attached hydrogen (secondary N) is 1. The van der Waals surface area contributed by atoms with Crippen LogP contribution in [0.1, 0.15) is 292 Å². The maximum atomic E-state index is 12.5. The molecule has 0 spiro atoms. The van der Waals surface area contributed by atoms with E-state index in [0.29, 0.717) is 45.5 Å². The number of carbonyl (C=O) groups is 3. The van der Waals surface area contributed by atoms with Crippen LogP contribution in [0.2, 0.25) is 0 Å². The molecule has 71 heavy (non-hydrogen) atoms. The highest BCUT2D eigenvalue weighted by Crippen LogP contribution is 2.18. The second-order valence-corrected chi connectivity index (χ2v) is 21.4. The van der Waals surface area contributed by atoms with Crippen molar-refractivity contribution in [1.29, 1.82) is 0 Å². The highest BCUT2D eigenvalue weighted by atomic mass is 16.6. The fourth-order valence-electron chi connectivity index (χ4n) is 8.39. The van der Waals surface area contributed by atoms with Crippen LogP contribution in [0.3, 0.4) is 0 Å². The molecule has 0 fully saturated rings. The number of nitrogens with two attached hydrogens (primary N) is 1. The number of alkyl carbamates (subject to hydrolysis) is 1. The van der Waals surface area contributed by atoms with Crippen LogP contribution in [-0.4, -0.2) is 97.8 Å². The highest BCUT2D eigenvalue weighted by Gasteiger charge is 2.20. The van der Waals surface area contributed by atoms with Gasteiger partial charge in [-0.05, 0) is 59.3 Å². The van der Waals surface area contributed by atoms with Crippen LogP contribution in [0, 0.1) is 0 Å². The first-order valence-corrected chi connectivity index (χ1v) is 29.9. The SMILES string of the molecule is CCCCCCCCCCCCCC(=O)O[C@H](CCCCCCC)CCOC[C@@H](N)CO.CCCCCCCCCCCCCC(=O)O[C@H](CCCCCCC)CCOC[C@H](CO)NC(=O)OC(C)(C)C. The van der Waals surface area contributed by atoms with Crippen LogP contribution in [0.25, 0.3) is 0 Å². The van der Waals surface area contributed by atoms with Gasteiger partial charge in [-0.25, -0.2) is 4.79 Å². The van der Waals surface area contributed by atoms with Crippen LogP contribution < -0.4 is 11.1 Å². The Morgan fingerprint density at radius 3 is 1.10 bits per heavy atom. The zero-order chi connectivity index (χ0) is 52.9. The van der Waals surface area contributed by atoms with Crippen molar-refractivity contribution >= 4 is 18.0 Å². The van der Waals surface area contributed by atoms with Gasteiger partial charge in [-0.1, -0.05) is 207 Å². The maximum absolute atomic E-state index is 12.5. The molecule has 4 atom stereocenters. The molecule has 12 nitrogen and oxygen atoms in total. The number of unbranched alkanes of at least 4 members (excludes halogenated alkanes) is 28. The number of hydrogen-bond donors (Lipinski definition) is 4. The third-order valence-corrected chi connectivity index (χ3v) is 12.8. The van der Waals surface area contributed by atoms with Crippen LogP contribution in [0.15, 0.2) is 0 Å². The molecule has 0 rings (SSSR count). The number of hydrogen-bond acceptors (Lipinski definition) is 11. The fourth-order valence-corrected chi connectivity index (χ4v) is 8.39. The smallest absolute Gasteiger partial charge is 0.408 e. The lowest BCUT2D eigenvalue weighted by Crippen LogP contribution is -2.43. The van der Waals surface area contributed by atoms with Gasteiger partial charge in [-0.3, -0.25) is 9.59 Å². The Balaban J connectivity index is 0. The first-order chi connectivity index (χ1) is 34.3. The summed E-state index contributed by atoms with van der Waals surface area (Å²) >= 11 is 0. The minimum absolute atomic E-state index is 0.0634. The van der Waals surface area contributed by atoms with Crippen molar-refractivity contribution in [2.45, 2.75) is 322 Å². The normalized spacial score (nSPS) is 13.2. The molecule has 0 aromatic heterocycles. The molecule has 424 valence electrons. The van der Waals surface area contributed by atoms with Crippen molar-refractivity contribution in [1.82, 2.24) is 5.32 Å². The number of rotatable bonds is 51. The summed E-state index contributed by atoms with van der Waals surface area (Å²) in [6, 6.07) is -0.887. The van der Waals surface area contributed by atoms with E-state index in [2.05, 4.69) is 33.0 Å². The van der Waals surface area contributed by atoms with Crippen molar-refractivity contribution in [3.63, 3.8) is 0 Å². The number of esters is 2. The van der Waals surface area contributed by atoms with Crippen LogP contribution >= 0.6 is 0 Å². The molecule has 0 radical (unpaired) electrons. The molecular weight excluding hydrogens is 897 g/mol. The monoisotopic (exact) mass is 1010 g/mol. The Labute approximate surface area is 437 Å². The van der Waals surface area contributed by atoms with Gasteiger partial charge in [0.05, 0.1) is 51.7 Å². The van der Waals surface area contributed by atoms with E-state index in [4.69, 9.17) is 34.5 Å². The van der Waals surface area contributed by atoms with Crippen molar-refractivity contribution in [3.8, 4) is 0 Å². The first-order valence-electron chi connectivity index (χ1n) is 29.9. The Morgan fingerprint density at radius 2 is 0.775 bits per heavy atom. The van der Waals surface area contributed by atoms with Crippen LogP contribution in [-0.2, 0) is 33.3 Å². The molecule has 0 saturated carbocycles. The van der Waals surface area contributed by atoms with Gasteiger partial charge in [0, 0.05) is 25.7 Å². The predicted octanol–water partition coefficient (Wildman–Crippen LogP) is 14.9. The molecule has 0 aliphatic carbocycles. The quantitative estimate of drug-likeness (QED) is 0.0259. The Bertz CT molecular complexity index is 1140. The molecule has 0 aromatic rings. The largest absolute Gasteiger partial charge is 0.462 e. The molecule has 0 aliphatic heterocycles. The highest BCUT2D eigenvalue weighted by molar-refractivity contribution is 5.70. The lowest BCUT2D eigenvalue weighted by atomic mass is 10.0. The summed E-state index contributed by atoms with van der Waals surface area (Å²) in [7, 11) is 0. The molecule has 0 bridgehead atoms. The van der Waals surface area contributed by atoms with Gasteiger partial charge in [0.2, 0.25) is 0 Å². The summed E-state index contributed by atoms with van der Waals surface area (Å²) in [5.74, 6) is -0.171. The van der Waals surface area contributed by atoms with Crippen LogP contribution in [0.5, 0.6) is 0 Å². The topological polar surface area (TPSA) is 176 Å². The summed E-state index contributed by atoms with van der Waals surface area (Å²) in [5, 5.41) is 21.2. The third kappa shape index (κ3) is 55.6. The van der Waals surface area contributed by atoms with E-state index in [9.17, 15) is 19.5 Å². The minimum atomic E-state index is -0.604. The average Bonchev–Trinajstić information content (AvgIpc) is 3.33. The second-order valence-electron chi connectivity index (χ2n) is 21.4. The van der Waals surface area contributed by atoms with E-state index in [1.807, 2.05) is 0 Å². The van der Waals surface area contributed by atoms with Gasteiger partial charge in [-0.2, -0.15) is 0 Å². The zero-order valence-corrected chi connectivity index (χ0v) is 47.7. The molecule has 0 saturated heterocycles. The molecule has 1 amide bonds. The molecule has 5 N–H and O–H groups in total. The molecule has 0 unspecified atom stereocenters. The van der Waals surface area contributed by atoms with Gasteiger partial charge in [-0.15, -0.1) is 0 Å². The van der Waals surface area contributed by atoms with E-state index in [1.165, 1.54) is 161 Å². The van der Waals surface area contributed by atoms with Crippen molar-refractivity contribution in [2.75, 3.05) is 39.6 Å². The summed E-state index contributed by atoms with van der Waals surface area (Å²) in [6.07, 6.45) is 43.1. The van der Waals surface area contributed by atoms with Crippen LogP contribution in [0.4, 0.5) is 4.79 Å². The number of aliphatic hydroxyl groups excluding tert-OH is 2. The summed E-state index contributed by atoms with van der Waals surface area (Å²) in [4.78, 5) is 36.8. The summed E-state index contributed by atoms with van der Waals surface area (Å²) in [5.41, 5.74) is 5.06. The lowest BCUT2D eigenvalue weighted by Gasteiger charge is -2.23. The van der Waals surface area contributed by atoms with E-state index in [-0.39, 0.29) is 50.0 Å². The van der Waals surface area contributed by atoms with Gasteiger partial charge in [0.1, 0.15) is 17.8 Å². The molecule has 0 aliphatic rings. The number of ether oxygens (including phenoxy) is 5. The molecular formula is C59H118N2O10. The van der Waals surface area contributed by atoms with E-state index in [1.54, 1.807) is 20.8 Å². The number of aliphatic hydroxyl groups is 2.